The van der Waals surface area contributed by atoms with Gasteiger partial charge in [0.05, 0.1) is 6.04 Å². The summed E-state index contributed by atoms with van der Waals surface area (Å²) in [6.45, 7) is 8.33. The first kappa shape index (κ1) is 18.2. The van der Waals surface area contributed by atoms with Crippen LogP contribution in [0.15, 0.2) is 30.6 Å². The molecular formula is C18H25ClN4OSi. The van der Waals surface area contributed by atoms with E-state index in [2.05, 4.69) is 34.5 Å². The molecule has 0 aromatic carbocycles. The van der Waals surface area contributed by atoms with E-state index < -0.39 is 8.07 Å². The summed E-state index contributed by atoms with van der Waals surface area (Å²) in [5.74, 6) is 1.42. The standard InChI is InChI=1S/C18H25ClN4OSi/c1-25(2,3)9-8-24-12-23-16(13-4-6-21-17(20)10-13)11-14-15(19)5-7-22-18(14)23/h4-7,10,16H,8-9,11-12H2,1-3H3,(H2,20,21). The SMILES string of the molecule is C[Si](C)(C)CCOCN1c2nccc(Cl)c2CC1c1ccnc(N)c1. The summed E-state index contributed by atoms with van der Waals surface area (Å²) in [6.07, 6.45) is 4.29. The Hall–Kier alpha value is -1.63. The summed E-state index contributed by atoms with van der Waals surface area (Å²) >= 11 is 6.40. The van der Waals surface area contributed by atoms with Crippen molar-refractivity contribution in [3.05, 3.63) is 46.7 Å². The van der Waals surface area contributed by atoms with Gasteiger partial charge in [0.1, 0.15) is 18.4 Å². The smallest absolute Gasteiger partial charge is 0.135 e. The highest BCUT2D eigenvalue weighted by atomic mass is 35.5. The molecule has 0 fully saturated rings. The van der Waals surface area contributed by atoms with Gasteiger partial charge in [-0.25, -0.2) is 9.97 Å². The van der Waals surface area contributed by atoms with E-state index in [1.54, 1.807) is 12.4 Å². The Morgan fingerprint density at radius 1 is 1.28 bits per heavy atom. The van der Waals surface area contributed by atoms with Gasteiger partial charge in [-0.2, -0.15) is 0 Å². The molecule has 1 unspecified atom stereocenters. The fraction of sp³-hybridized carbons (Fsp3) is 0.444. The van der Waals surface area contributed by atoms with Crippen LogP contribution < -0.4 is 10.6 Å². The van der Waals surface area contributed by atoms with Crippen LogP contribution >= 0.6 is 11.6 Å². The number of anilines is 2. The molecule has 0 saturated carbocycles. The van der Waals surface area contributed by atoms with Gasteiger partial charge in [0.2, 0.25) is 0 Å². The number of halogens is 1. The Bertz CT molecular complexity index is 750. The zero-order chi connectivity index (χ0) is 18.0. The molecule has 3 heterocycles. The van der Waals surface area contributed by atoms with Gasteiger partial charge in [0.25, 0.3) is 0 Å². The molecule has 0 radical (unpaired) electrons. The lowest BCUT2D eigenvalue weighted by molar-refractivity contribution is 0.141. The zero-order valence-electron chi connectivity index (χ0n) is 15.0. The molecule has 0 bridgehead atoms. The summed E-state index contributed by atoms with van der Waals surface area (Å²) < 4.78 is 6.00. The van der Waals surface area contributed by atoms with Crippen LogP contribution in [0.5, 0.6) is 0 Å². The second-order valence-electron chi connectivity index (χ2n) is 7.65. The number of hydrogen-bond donors (Lipinski definition) is 1. The van der Waals surface area contributed by atoms with Crippen LogP contribution in [0.1, 0.15) is 17.2 Å². The Morgan fingerprint density at radius 2 is 2.04 bits per heavy atom. The van der Waals surface area contributed by atoms with Gasteiger partial charge in [0.15, 0.2) is 0 Å². The highest BCUT2D eigenvalue weighted by Gasteiger charge is 2.33. The summed E-state index contributed by atoms with van der Waals surface area (Å²) in [5.41, 5.74) is 8.05. The van der Waals surface area contributed by atoms with E-state index in [0.717, 1.165) is 41.0 Å². The number of fused-ring (bicyclic) bond motifs is 1. The maximum absolute atomic E-state index is 6.40. The average Bonchev–Trinajstić information content (AvgIpc) is 2.91. The average molecular weight is 377 g/mol. The molecule has 2 aromatic heterocycles. The Morgan fingerprint density at radius 3 is 2.76 bits per heavy atom. The lowest BCUT2D eigenvalue weighted by atomic mass is 10.0. The third kappa shape index (κ3) is 4.32. The van der Waals surface area contributed by atoms with Crippen molar-refractivity contribution in [3.8, 4) is 0 Å². The molecule has 0 aliphatic carbocycles. The van der Waals surface area contributed by atoms with Crippen molar-refractivity contribution in [1.29, 1.82) is 0 Å². The third-order valence-corrected chi connectivity index (χ3v) is 6.50. The largest absolute Gasteiger partial charge is 0.384 e. The highest BCUT2D eigenvalue weighted by molar-refractivity contribution is 6.76. The quantitative estimate of drug-likeness (QED) is 0.606. The number of nitrogens with zero attached hydrogens (tertiary/aromatic N) is 3. The van der Waals surface area contributed by atoms with Crippen molar-refractivity contribution in [2.24, 2.45) is 0 Å². The number of pyridine rings is 2. The summed E-state index contributed by atoms with van der Waals surface area (Å²) in [6, 6.07) is 7.01. The fourth-order valence-electron chi connectivity index (χ4n) is 3.01. The molecule has 2 aromatic rings. The first-order chi connectivity index (χ1) is 11.8. The number of ether oxygens (including phenoxy) is 1. The molecule has 0 saturated heterocycles. The van der Waals surface area contributed by atoms with Crippen molar-refractivity contribution < 1.29 is 4.74 Å². The van der Waals surface area contributed by atoms with Crippen LogP contribution in [0.3, 0.4) is 0 Å². The van der Waals surface area contributed by atoms with Crippen LogP contribution in [0.25, 0.3) is 0 Å². The zero-order valence-corrected chi connectivity index (χ0v) is 16.8. The fourth-order valence-corrected chi connectivity index (χ4v) is 3.98. The van der Waals surface area contributed by atoms with Crippen molar-refractivity contribution in [1.82, 2.24) is 9.97 Å². The molecule has 25 heavy (non-hydrogen) atoms. The van der Waals surface area contributed by atoms with Crippen LogP contribution in [0, 0.1) is 0 Å². The minimum absolute atomic E-state index is 0.111. The van der Waals surface area contributed by atoms with Gasteiger partial charge < -0.3 is 15.4 Å². The van der Waals surface area contributed by atoms with Crippen molar-refractivity contribution in [3.63, 3.8) is 0 Å². The monoisotopic (exact) mass is 376 g/mol. The van der Waals surface area contributed by atoms with E-state index in [1.165, 1.54) is 0 Å². The van der Waals surface area contributed by atoms with E-state index in [9.17, 15) is 0 Å². The molecule has 1 aliphatic rings. The first-order valence-corrected chi connectivity index (χ1v) is 12.6. The molecule has 0 spiro atoms. The van der Waals surface area contributed by atoms with Crippen LogP contribution in [0.2, 0.25) is 30.7 Å². The molecule has 0 amide bonds. The molecule has 2 N–H and O–H groups in total. The van der Waals surface area contributed by atoms with E-state index >= 15 is 0 Å². The van der Waals surface area contributed by atoms with E-state index in [4.69, 9.17) is 22.1 Å². The predicted octanol–water partition coefficient (Wildman–Crippen LogP) is 4.13. The lowest BCUT2D eigenvalue weighted by Gasteiger charge is -2.27. The minimum atomic E-state index is -1.11. The number of hydrogen-bond acceptors (Lipinski definition) is 5. The minimum Gasteiger partial charge on any atom is -0.384 e. The van der Waals surface area contributed by atoms with E-state index in [0.29, 0.717) is 12.5 Å². The number of rotatable bonds is 6. The second-order valence-corrected chi connectivity index (χ2v) is 13.7. The van der Waals surface area contributed by atoms with Crippen molar-refractivity contribution in [2.45, 2.75) is 38.1 Å². The second kappa shape index (κ2) is 7.31. The first-order valence-electron chi connectivity index (χ1n) is 8.54. The van der Waals surface area contributed by atoms with Crippen molar-refractivity contribution >= 4 is 31.3 Å². The normalized spacial score (nSPS) is 17.0. The topological polar surface area (TPSA) is 64.3 Å². The maximum Gasteiger partial charge on any atom is 0.135 e. The molecular weight excluding hydrogens is 352 g/mol. The van der Waals surface area contributed by atoms with Gasteiger partial charge >= 0.3 is 0 Å². The van der Waals surface area contributed by atoms with Crippen LogP contribution in [-0.2, 0) is 11.2 Å². The molecule has 1 atom stereocenters. The summed E-state index contributed by atoms with van der Waals surface area (Å²) in [5, 5.41) is 0.752. The van der Waals surface area contributed by atoms with E-state index in [1.807, 2.05) is 18.2 Å². The maximum atomic E-state index is 6.40. The third-order valence-electron chi connectivity index (χ3n) is 4.44. The number of aromatic nitrogens is 2. The predicted molar refractivity (Wildman–Crippen MR) is 106 cm³/mol. The molecule has 1 aliphatic heterocycles. The summed E-state index contributed by atoms with van der Waals surface area (Å²) in [7, 11) is -1.11. The van der Waals surface area contributed by atoms with E-state index in [-0.39, 0.29) is 6.04 Å². The molecule has 5 nitrogen and oxygen atoms in total. The Balaban J connectivity index is 1.81. The van der Waals surface area contributed by atoms with Crippen LogP contribution in [-0.4, -0.2) is 31.4 Å². The lowest BCUT2D eigenvalue weighted by Crippen LogP contribution is -2.30. The molecule has 7 heteroatoms. The van der Waals surface area contributed by atoms with Gasteiger partial charge in [-0.1, -0.05) is 31.2 Å². The Kier molecular flexibility index (Phi) is 5.31. The molecule has 3 rings (SSSR count). The Labute approximate surface area is 155 Å². The summed E-state index contributed by atoms with van der Waals surface area (Å²) in [4.78, 5) is 10.8. The highest BCUT2D eigenvalue weighted by Crippen LogP contribution is 2.41. The van der Waals surface area contributed by atoms with Gasteiger partial charge in [0, 0.05) is 44.1 Å². The molecule has 134 valence electrons. The number of nitrogen functional groups attached to an aromatic ring is 1. The van der Waals surface area contributed by atoms with Gasteiger partial charge in [-0.05, 0) is 29.8 Å². The van der Waals surface area contributed by atoms with Gasteiger partial charge in [-0.3, -0.25) is 0 Å². The van der Waals surface area contributed by atoms with Crippen LogP contribution in [0.4, 0.5) is 11.6 Å². The number of nitrogens with two attached hydrogens (primary N) is 1. The van der Waals surface area contributed by atoms with Crippen molar-refractivity contribution in [2.75, 3.05) is 24.0 Å². The van der Waals surface area contributed by atoms with Gasteiger partial charge in [-0.15, -0.1) is 0 Å².